The molecule has 0 spiro atoms. The van der Waals surface area contributed by atoms with Crippen molar-refractivity contribution in [3.63, 3.8) is 0 Å². The molecule has 2 rings (SSSR count). The Balaban J connectivity index is 2.32. The number of hydrogen-bond acceptors (Lipinski definition) is 4. The molecular formula is C12H17N3O2. The van der Waals surface area contributed by atoms with E-state index < -0.39 is 0 Å². The summed E-state index contributed by atoms with van der Waals surface area (Å²) >= 11 is 0. The van der Waals surface area contributed by atoms with Crippen LogP contribution in [0.3, 0.4) is 0 Å². The topological polar surface area (TPSA) is 44.8 Å². The molecule has 0 bridgehead atoms. The first-order valence-corrected chi connectivity index (χ1v) is 5.52. The number of nitrogens with zero attached hydrogens (tertiary/aromatic N) is 2. The number of ether oxygens (including phenoxy) is 1. The molecule has 5 nitrogen and oxygen atoms in total. The average molecular weight is 235 g/mol. The fourth-order valence-corrected chi connectivity index (χ4v) is 1.83. The average Bonchev–Trinajstić information content (AvgIpc) is 2.34. The molecule has 1 aromatic carbocycles. The smallest absolute Gasteiger partial charge is 0.264 e. The number of fused-ring (bicyclic) bond motifs is 1. The zero-order valence-corrected chi connectivity index (χ0v) is 10.4. The van der Waals surface area contributed by atoms with E-state index in [1.54, 1.807) is 11.9 Å². The van der Waals surface area contributed by atoms with Crippen LogP contribution in [0.2, 0.25) is 0 Å². The zero-order chi connectivity index (χ0) is 12.4. The highest BCUT2D eigenvalue weighted by atomic mass is 16.5. The van der Waals surface area contributed by atoms with E-state index in [0.717, 1.165) is 23.8 Å². The maximum atomic E-state index is 11.5. The van der Waals surface area contributed by atoms with Crippen LogP contribution in [0.15, 0.2) is 18.2 Å². The molecule has 1 aromatic rings. The van der Waals surface area contributed by atoms with Gasteiger partial charge < -0.3 is 19.9 Å². The monoisotopic (exact) mass is 235 g/mol. The van der Waals surface area contributed by atoms with Crippen molar-refractivity contribution in [2.24, 2.45) is 0 Å². The molecule has 0 aromatic heterocycles. The van der Waals surface area contributed by atoms with Gasteiger partial charge in [0.1, 0.15) is 5.75 Å². The third-order valence-electron chi connectivity index (χ3n) is 2.87. The number of hydrogen-bond donors (Lipinski definition) is 1. The van der Waals surface area contributed by atoms with Gasteiger partial charge in [-0.25, -0.2) is 0 Å². The minimum Gasteiger partial charge on any atom is -0.482 e. The van der Waals surface area contributed by atoms with Gasteiger partial charge in [0.2, 0.25) is 0 Å². The van der Waals surface area contributed by atoms with Crippen molar-refractivity contribution in [2.75, 3.05) is 44.2 Å². The number of carbonyl (C=O) groups is 1. The van der Waals surface area contributed by atoms with Gasteiger partial charge in [-0.05, 0) is 25.2 Å². The summed E-state index contributed by atoms with van der Waals surface area (Å²) < 4.78 is 5.38. The molecule has 5 heteroatoms. The minimum absolute atomic E-state index is 0.0223. The Labute approximate surface area is 101 Å². The van der Waals surface area contributed by atoms with Crippen LogP contribution < -0.4 is 19.9 Å². The highest BCUT2D eigenvalue weighted by molar-refractivity contribution is 5.97. The van der Waals surface area contributed by atoms with Gasteiger partial charge >= 0.3 is 0 Å². The van der Waals surface area contributed by atoms with Crippen molar-refractivity contribution in [1.82, 2.24) is 5.32 Å². The predicted molar refractivity (Wildman–Crippen MR) is 67.7 cm³/mol. The van der Waals surface area contributed by atoms with Gasteiger partial charge in [-0.1, -0.05) is 0 Å². The van der Waals surface area contributed by atoms with E-state index in [4.69, 9.17) is 4.74 Å². The second-order valence-corrected chi connectivity index (χ2v) is 4.10. The van der Waals surface area contributed by atoms with Crippen LogP contribution in [0, 0.1) is 0 Å². The number of anilines is 2. The van der Waals surface area contributed by atoms with Crippen molar-refractivity contribution in [3.8, 4) is 5.75 Å². The van der Waals surface area contributed by atoms with E-state index >= 15 is 0 Å². The summed E-state index contributed by atoms with van der Waals surface area (Å²) in [4.78, 5) is 15.2. The summed E-state index contributed by atoms with van der Waals surface area (Å²) in [6, 6.07) is 5.85. The lowest BCUT2D eigenvalue weighted by atomic mass is 10.2. The molecule has 1 amide bonds. The molecule has 0 radical (unpaired) electrons. The van der Waals surface area contributed by atoms with E-state index in [1.165, 1.54) is 0 Å². The van der Waals surface area contributed by atoms with Crippen LogP contribution in [-0.2, 0) is 4.79 Å². The lowest BCUT2D eigenvalue weighted by Gasteiger charge is -2.28. The third kappa shape index (κ3) is 2.19. The van der Waals surface area contributed by atoms with Gasteiger partial charge in [0.05, 0.1) is 12.4 Å². The molecule has 0 saturated heterocycles. The number of amides is 1. The summed E-state index contributed by atoms with van der Waals surface area (Å²) in [6.45, 7) is 0.868. The molecule has 1 aliphatic rings. The van der Waals surface area contributed by atoms with Crippen molar-refractivity contribution in [3.05, 3.63) is 18.2 Å². The third-order valence-corrected chi connectivity index (χ3v) is 2.87. The first kappa shape index (κ1) is 11.7. The Hall–Kier alpha value is -1.75. The number of rotatable bonds is 3. The van der Waals surface area contributed by atoms with Crippen LogP contribution in [0.4, 0.5) is 11.4 Å². The predicted octanol–water partition coefficient (Wildman–Crippen LogP) is 0.655. The molecule has 1 aliphatic heterocycles. The summed E-state index contributed by atoms with van der Waals surface area (Å²) in [5.41, 5.74) is 1.87. The highest BCUT2D eigenvalue weighted by Crippen LogP contribution is 2.34. The Bertz CT molecular complexity index is 434. The molecule has 1 N–H and O–H groups in total. The minimum atomic E-state index is -0.0223. The summed E-state index contributed by atoms with van der Waals surface area (Å²) in [7, 11) is 5.66. The van der Waals surface area contributed by atoms with Gasteiger partial charge in [0, 0.05) is 19.8 Å². The van der Waals surface area contributed by atoms with Crippen LogP contribution in [0.5, 0.6) is 5.75 Å². The lowest BCUT2D eigenvalue weighted by Crippen LogP contribution is -2.35. The largest absolute Gasteiger partial charge is 0.482 e. The van der Waals surface area contributed by atoms with E-state index in [2.05, 4.69) is 10.2 Å². The van der Waals surface area contributed by atoms with Gasteiger partial charge in [-0.15, -0.1) is 0 Å². The second-order valence-electron chi connectivity index (χ2n) is 4.10. The quantitative estimate of drug-likeness (QED) is 0.782. The summed E-state index contributed by atoms with van der Waals surface area (Å²) in [6.07, 6.45) is 0. The van der Waals surface area contributed by atoms with Crippen molar-refractivity contribution in [1.29, 1.82) is 0 Å². The molecule has 0 fully saturated rings. The maximum Gasteiger partial charge on any atom is 0.264 e. The van der Waals surface area contributed by atoms with Crippen LogP contribution >= 0.6 is 0 Å². The van der Waals surface area contributed by atoms with E-state index in [0.29, 0.717) is 0 Å². The van der Waals surface area contributed by atoms with Crippen LogP contribution in [-0.4, -0.2) is 40.3 Å². The standard InChI is InChI=1S/C12H17N3O2/c1-13-8-14(2)9-4-5-11-10(6-9)15(3)12(16)7-17-11/h4-6,13H,7-8H2,1-3H3. The summed E-state index contributed by atoms with van der Waals surface area (Å²) in [5, 5.41) is 3.08. The molecule has 17 heavy (non-hydrogen) atoms. The SMILES string of the molecule is CNCN(C)c1ccc2c(c1)N(C)C(=O)CO2. The number of likely N-dealkylation sites (N-methyl/N-ethyl adjacent to an activating group) is 1. The number of benzene rings is 1. The van der Waals surface area contributed by atoms with Gasteiger partial charge in [-0.2, -0.15) is 0 Å². The molecule has 1 heterocycles. The molecule has 92 valence electrons. The van der Waals surface area contributed by atoms with Crippen molar-refractivity contribution >= 4 is 17.3 Å². The Morgan fingerprint density at radius 2 is 2.29 bits per heavy atom. The Morgan fingerprint density at radius 1 is 1.53 bits per heavy atom. The van der Waals surface area contributed by atoms with Gasteiger partial charge in [0.25, 0.3) is 5.91 Å². The Morgan fingerprint density at radius 3 is 3.00 bits per heavy atom. The van der Waals surface area contributed by atoms with E-state index in [-0.39, 0.29) is 12.5 Å². The lowest BCUT2D eigenvalue weighted by molar-refractivity contribution is -0.120. The van der Waals surface area contributed by atoms with Crippen molar-refractivity contribution in [2.45, 2.75) is 0 Å². The van der Waals surface area contributed by atoms with Crippen molar-refractivity contribution < 1.29 is 9.53 Å². The maximum absolute atomic E-state index is 11.5. The summed E-state index contributed by atoms with van der Waals surface area (Å²) in [5.74, 6) is 0.736. The molecule has 0 saturated carbocycles. The first-order chi connectivity index (χ1) is 8.13. The number of carbonyl (C=O) groups excluding carboxylic acids is 1. The second kappa shape index (κ2) is 4.63. The van der Waals surface area contributed by atoms with Gasteiger partial charge in [0.15, 0.2) is 6.61 Å². The molecule has 0 aliphatic carbocycles. The zero-order valence-electron chi connectivity index (χ0n) is 10.4. The molecular weight excluding hydrogens is 218 g/mol. The van der Waals surface area contributed by atoms with E-state index in [1.807, 2.05) is 32.3 Å². The molecule has 0 unspecified atom stereocenters. The van der Waals surface area contributed by atoms with Crippen LogP contribution in [0.1, 0.15) is 0 Å². The fourth-order valence-electron chi connectivity index (χ4n) is 1.83. The Kier molecular flexibility index (Phi) is 3.19. The molecule has 0 atom stereocenters. The number of nitrogens with one attached hydrogen (secondary N) is 1. The van der Waals surface area contributed by atoms with Crippen LogP contribution in [0.25, 0.3) is 0 Å². The fraction of sp³-hybridized carbons (Fsp3) is 0.417. The highest BCUT2D eigenvalue weighted by Gasteiger charge is 2.22. The first-order valence-electron chi connectivity index (χ1n) is 5.52. The van der Waals surface area contributed by atoms with Gasteiger partial charge in [-0.3, -0.25) is 4.79 Å². The van der Waals surface area contributed by atoms with E-state index in [9.17, 15) is 4.79 Å². The normalized spacial score (nSPS) is 14.3.